The molecule has 4 aromatic rings. The molecular weight excluding hydrogens is 374 g/mol. The number of nitrogens with one attached hydrogen (secondary N) is 3. The van der Waals surface area contributed by atoms with Gasteiger partial charge in [-0.3, -0.25) is 4.79 Å². The minimum atomic E-state index is -0.498. The van der Waals surface area contributed by atoms with Gasteiger partial charge >= 0.3 is 0 Å². The molecule has 3 aromatic heterocycles. The molecule has 0 radical (unpaired) electrons. The van der Waals surface area contributed by atoms with Gasteiger partial charge in [0.2, 0.25) is 0 Å². The summed E-state index contributed by atoms with van der Waals surface area (Å²) in [6.07, 6.45) is 3.83. The topological polar surface area (TPSA) is 130 Å². The van der Waals surface area contributed by atoms with Crippen LogP contribution >= 0.6 is 0 Å². The predicted octanol–water partition coefficient (Wildman–Crippen LogP) is 1.91. The Morgan fingerprint density at radius 1 is 1.34 bits per heavy atom. The zero-order chi connectivity index (χ0) is 20.0. The minimum Gasteiger partial charge on any atom is -0.443 e. The average Bonchev–Trinajstić information content (AvgIpc) is 3.37. The number of carbonyl (C=O) groups excluding carboxylic acids is 1. The molecule has 1 aliphatic rings. The monoisotopic (exact) mass is 393 g/mol. The quantitative estimate of drug-likeness (QED) is 0.405. The number of fused-ring (bicyclic) bond motifs is 2. The molecule has 1 aromatic carbocycles. The largest absolute Gasteiger partial charge is 0.443 e. The first kappa shape index (κ1) is 17.4. The SMILES string of the molecule is CNc1cc(Nc2cccc3ocnc23)nc2c(C(=O)N[C@@H]3CC[C@@H]3O)cnn12. The Bertz CT molecular complexity index is 1220. The highest BCUT2D eigenvalue weighted by atomic mass is 16.3. The van der Waals surface area contributed by atoms with Crippen LogP contribution in [-0.2, 0) is 0 Å². The summed E-state index contributed by atoms with van der Waals surface area (Å²) in [5, 5.41) is 23.2. The van der Waals surface area contributed by atoms with Crippen LogP contribution in [0.5, 0.6) is 0 Å². The summed E-state index contributed by atoms with van der Waals surface area (Å²) in [6.45, 7) is 0. The summed E-state index contributed by atoms with van der Waals surface area (Å²) in [4.78, 5) is 21.5. The van der Waals surface area contributed by atoms with E-state index in [4.69, 9.17) is 4.42 Å². The van der Waals surface area contributed by atoms with Crippen LogP contribution < -0.4 is 16.0 Å². The van der Waals surface area contributed by atoms with Crippen molar-refractivity contribution in [3.05, 3.63) is 42.4 Å². The van der Waals surface area contributed by atoms with Crippen LogP contribution in [0.25, 0.3) is 16.7 Å². The van der Waals surface area contributed by atoms with Gasteiger partial charge in [-0.05, 0) is 25.0 Å². The fraction of sp³-hybridized carbons (Fsp3) is 0.263. The number of para-hydroxylation sites is 1. The van der Waals surface area contributed by atoms with E-state index in [0.717, 1.165) is 12.1 Å². The number of carbonyl (C=O) groups is 1. The Labute approximate surface area is 164 Å². The third-order valence-corrected chi connectivity index (χ3v) is 5.15. The number of benzene rings is 1. The van der Waals surface area contributed by atoms with Gasteiger partial charge in [0, 0.05) is 13.1 Å². The summed E-state index contributed by atoms with van der Waals surface area (Å²) >= 11 is 0. The highest BCUT2D eigenvalue weighted by Crippen LogP contribution is 2.27. The number of nitrogens with zero attached hydrogens (tertiary/aromatic N) is 4. The molecule has 1 saturated carbocycles. The maximum absolute atomic E-state index is 12.7. The van der Waals surface area contributed by atoms with E-state index in [1.807, 2.05) is 18.2 Å². The van der Waals surface area contributed by atoms with E-state index in [1.54, 1.807) is 17.6 Å². The second-order valence-corrected chi connectivity index (χ2v) is 6.92. The molecule has 0 spiro atoms. The smallest absolute Gasteiger partial charge is 0.257 e. The Kier molecular flexibility index (Phi) is 4.06. The van der Waals surface area contributed by atoms with Crippen LogP contribution in [0.4, 0.5) is 17.3 Å². The lowest BCUT2D eigenvalue weighted by Gasteiger charge is -2.32. The molecule has 3 heterocycles. The van der Waals surface area contributed by atoms with Gasteiger partial charge in [-0.2, -0.15) is 9.61 Å². The molecule has 148 valence electrons. The number of anilines is 3. The lowest BCUT2D eigenvalue weighted by molar-refractivity contribution is 0.0448. The van der Waals surface area contributed by atoms with Crippen molar-refractivity contribution in [3.63, 3.8) is 0 Å². The first-order valence-electron chi connectivity index (χ1n) is 9.29. The molecule has 0 saturated heterocycles. The second kappa shape index (κ2) is 6.74. The first-order valence-corrected chi connectivity index (χ1v) is 9.29. The fourth-order valence-electron chi connectivity index (χ4n) is 3.39. The van der Waals surface area contributed by atoms with Crippen molar-refractivity contribution >= 4 is 40.0 Å². The van der Waals surface area contributed by atoms with Crippen LogP contribution in [0.1, 0.15) is 23.2 Å². The van der Waals surface area contributed by atoms with Gasteiger partial charge in [0.25, 0.3) is 5.91 Å². The zero-order valence-electron chi connectivity index (χ0n) is 15.6. The summed E-state index contributed by atoms with van der Waals surface area (Å²) in [7, 11) is 1.77. The number of hydrogen-bond donors (Lipinski definition) is 4. The van der Waals surface area contributed by atoms with Crippen molar-refractivity contribution in [1.29, 1.82) is 0 Å². The molecule has 1 fully saturated rings. The fourth-order valence-corrected chi connectivity index (χ4v) is 3.39. The van der Waals surface area contributed by atoms with Crippen LogP contribution in [0.15, 0.2) is 41.3 Å². The molecule has 10 heteroatoms. The van der Waals surface area contributed by atoms with Gasteiger partial charge in [-0.15, -0.1) is 0 Å². The van der Waals surface area contributed by atoms with E-state index in [1.165, 1.54) is 12.6 Å². The minimum absolute atomic E-state index is 0.229. The van der Waals surface area contributed by atoms with Gasteiger partial charge in [0.05, 0.1) is 24.0 Å². The second-order valence-electron chi connectivity index (χ2n) is 6.92. The molecule has 0 bridgehead atoms. The van der Waals surface area contributed by atoms with E-state index in [-0.39, 0.29) is 11.9 Å². The Morgan fingerprint density at radius 3 is 3.00 bits per heavy atom. The van der Waals surface area contributed by atoms with Crippen molar-refractivity contribution in [2.24, 2.45) is 0 Å². The van der Waals surface area contributed by atoms with Crippen LogP contribution in [-0.4, -0.2) is 49.8 Å². The summed E-state index contributed by atoms with van der Waals surface area (Å²) in [5.41, 5.74) is 2.82. The third-order valence-electron chi connectivity index (χ3n) is 5.15. The maximum atomic E-state index is 12.7. The number of rotatable bonds is 5. The summed E-state index contributed by atoms with van der Waals surface area (Å²) < 4.78 is 6.90. The Balaban J connectivity index is 1.52. The third kappa shape index (κ3) is 2.93. The Hall–Kier alpha value is -3.66. The maximum Gasteiger partial charge on any atom is 0.257 e. The van der Waals surface area contributed by atoms with E-state index in [2.05, 4.69) is 31.0 Å². The Morgan fingerprint density at radius 2 is 2.24 bits per heavy atom. The van der Waals surface area contributed by atoms with Crippen molar-refractivity contribution in [3.8, 4) is 0 Å². The van der Waals surface area contributed by atoms with Gasteiger partial charge < -0.3 is 25.5 Å². The standard InChI is InChI=1S/C19H19N7O3/c1-20-16-7-15(23-12-3-2-4-14-17(12)21-9-29-14)25-18-10(8-22-26(16)18)19(28)24-11-5-6-13(11)27/h2-4,7-9,11,13,20,27H,5-6H2,1H3,(H,23,25)(H,24,28)/t11-,13+/m1/s1. The number of aliphatic hydroxyl groups excluding tert-OH is 1. The highest BCUT2D eigenvalue weighted by Gasteiger charge is 2.31. The van der Waals surface area contributed by atoms with Crippen LogP contribution in [0, 0.1) is 0 Å². The van der Waals surface area contributed by atoms with E-state index in [9.17, 15) is 9.90 Å². The van der Waals surface area contributed by atoms with Crippen molar-refractivity contribution in [2.45, 2.75) is 25.0 Å². The number of hydrogen-bond acceptors (Lipinski definition) is 8. The molecule has 5 rings (SSSR count). The first-order chi connectivity index (χ1) is 14.1. The zero-order valence-corrected chi connectivity index (χ0v) is 15.6. The van der Waals surface area contributed by atoms with E-state index < -0.39 is 6.10 Å². The number of amides is 1. The van der Waals surface area contributed by atoms with Gasteiger partial charge in [-0.25, -0.2) is 9.97 Å². The van der Waals surface area contributed by atoms with Crippen LogP contribution in [0.3, 0.4) is 0 Å². The molecular formula is C19H19N7O3. The molecule has 2 atom stereocenters. The van der Waals surface area contributed by atoms with Crippen molar-refractivity contribution < 1.29 is 14.3 Å². The van der Waals surface area contributed by atoms with Crippen LogP contribution in [0.2, 0.25) is 0 Å². The molecule has 1 aliphatic carbocycles. The van der Waals surface area contributed by atoms with Gasteiger partial charge in [0.1, 0.15) is 22.7 Å². The molecule has 29 heavy (non-hydrogen) atoms. The van der Waals surface area contributed by atoms with Crippen molar-refractivity contribution in [2.75, 3.05) is 17.7 Å². The van der Waals surface area contributed by atoms with Gasteiger partial charge in [-0.1, -0.05) is 6.07 Å². The molecule has 0 unspecified atom stereocenters. The molecule has 0 aliphatic heterocycles. The number of aliphatic hydroxyl groups is 1. The number of aromatic nitrogens is 4. The average molecular weight is 393 g/mol. The molecule has 4 N–H and O–H groups in total. The summed E-state index contributed by atoms with van der Waals surface area (Å²) in [5.74, 6) is 0.872. The van der Waals surface area contributed by atoms with Crippen molar-refractivity contribution in [1.82, 2.24) is 24.9 Å². The van der Waals surface area contributed by atoms with E-state index in [0.29, 0.717) is 40.4 Å². The molecule has 1 amide bonds. The molecule has 10 nitrogen and oxygen atoms in total. The summed E-state index contributed by atoms with van der Waals surface area (Å²) in [6, 6.07) is 7.12. The van der Waals surface area contributed by atoms with E-state index >= 15 is 0 Å². The van der Waals surface area contributed by atoms with Gasteiger partial charge in [0.15, 0.2) is 17.6 Å². The predicted molar refractivity (Wildman–Crippen MR) is 106 cm³/mol. The normalized spacial score (nSPS) is 18.6. The lowest BCUT2D eigenvalue weighted by atomic mass is 9.89. The number of oxazole rings is 1. The lowest BCUT2D eigenvalue weighted by Crippen LogP contribution is -2.50. The highest BCUT2D eigenvalue weighted by molar-refractivity contribution is 6.00.